The summed E-state index contributed by atoms with van der Waals surface area (Å²) in [4.78, 5) is 0.217. The molecule has 0 aliphatic carbocycles. The minimum atomic E-state index is -3.54. The first-order chi connectivity index (χ1) is 12.6. The first kappa shape index (κ1) is 21.2. The Morgan fingerprint density at radius 1 is 1.00 bits per heavy atom. The van der Waals surface area contributed by atoms with Crippen LogP contribution in [0.4, 0.5) is 0 Å². The molecule has 0 saturated carbocycles. The lowest BCUT2D eigenvalue weighted by molar-refractivity contribution is 0.413. The molecule has 0 saturated heterocycles. The Morgan fingerprint density at radius 2 is 1.59 bits per heavy atom. The van der Waals surface area contributed by atoms with Crippen molar-refractivity contribution in [2.45, 2.75) is 11.3 Å². The van der Waals surface area contributed by atoms with Gasteiger partial charge in [-0.3, -0.25) is 0 Å². The minimum Gasteiger partial charge on any atom is -0.497 e. The minimum absolute atomic E-state index is 0. The summed E-state index contributed by atoms with van der Waals surface area (Å²) in [7, 11) is -1.94. The second kappa shape index (κ2) is 9.75. The summed E-state index contributed by atoms with van der Waals surface area (Å²) in [6.45, 7) is 2.01. The van der Waals surface area contributed by atoms with Crippen molar-refractivity contribution in [3.8, 4) is 17.2 Å². The lowest BCUT2D eigenvalue weighted by Gasteiger charge is -2.15. The molecule has 0 unspecified atom stereocenters. The average Bonchev–Trinajstić information content (AvgIpc) is 2.68. The molecule has 1 heterocycles. The van der Waals surface area contributed by atoms with Crippen LogP contribution in [0.25, 0.3) is 0 Å². The second-order valence-corrected chi connectivity index (χ2v) is 7.66. The van der Waals surface area contributed by atoms with Gasteiger partial charge in [0.15, 0.2) is 0 Å². The van der Waals surface area contributed by atoms with E-state index >= 15 is 0 Å². The zero-order chi connectivity index (χ0) is 18.4. The van der Waals surface area contributed by atoms with Gasteiger partial charge in [-0.2, -0.15) is 0 Å². The van der Waals surface area contributed by atoms with Gasteiger partial charge in [-0.25, -0.2) is 13.1 Å². The van der Waals surface area contributed by atoms with Crippen LogP contribution in [0.1, 0.15) is 6.42 Å². The van der Waals surface area contributed by atoms with E-state index in [0.717, 1.165) is 30.8 Å². The number of sulfonamides is 1. The number of hydrogen-bond donors (Lipinski definition) is 2. The summed E-state index contributed by atoms with van der Waals surface area (Å²) in [5, 5.41) is 3.20. The molecular formula is C19H23ClN2O4S. The Labute approximate surface area is 166 Å². The topological polar surface area (TPSA) is 76.7 Å². The fourth-order valence-electron chi connectivity index (χ4n) is 2.57. The van der Waals surface area contributed by atoms with Crippen molar-refractivity contribution >= 4 is 22.4 Å². The van der Waals surface area contributed by atoms with Crippen LogP contribution in [0.5, 0.6) is 17.2 Å². The fraction of sp³-hybridized carbons (Fsp3) is 0.263. The summed E-state index contributed by atoms with van der Waals surface area (Å²) < 4.78 is 38.3. The molecule has 0 atom stereocenters. The van der Waals surface area contributed by atoms with E-state index in [1.54, 1.807) is 43.5 Å². The molecule has 146 valence electrons. The highest BCUT2D eigenvalue weighted by molar-refractivity contribution is 7.89. The smallest absolute Gasteiger partial charge is 0.240 e. The first-order valence-corrected chi connectivity index (χ1v) is 9.85. The second-order valence-electron chi connectivity index (χ2n) is 5.89. The van der Waals surface area contributed by atoms with Crippen molar-refractivity contribution in [1.29, 1.82) is 0 Å². The van der Waals surface area contributed by atoms with E-state index in [9.17, 15) is 8.42 Å². The van der Waals surface area contributed by atoms with Gasteiger partial charge in [0.05, 0.1) is 12.0 Å². The fourth-order valence-corrected chi connectivity index (χ4v) is 3.60. The van der Waals surface area contributed by atoms with Crippen LogP contribution in [0.15, 0.2) is 65.1 Å². The van der Waals surface area contributed by atoms with Gasteiger partial charge >= 0.3 is 0 Å². The van der Waals surface area contributed by atoms with E-state index in [1.165, 1.54) is 12.1 Å². The van der Waals surface area contributed by atoms with Crippen LogP contribution in [-0.2, 0) is 10.0 Å². The van der Waals surface area contributed by atoms with Crippen LogP contribution >= 0.6 is 12.4 Å². The molecule has 0 radical (unpaired) electrons. The number of rotatable bonds is 7. The van der Waals surface area contributed by atoms with E-state index in [0.29, 0.717) is 18.0 Å². The van der Waals surface area contributed by atoms with Gasteiger partial charge in [0.2, 0.25) is 10.0 Å². The summed E-state index contributed by atoms with van der Waals surface area (Å²) in [6, 6.07) is 13.5. The van der Waals surface area contributed by atoms with Crippen molar-refractivity contribution in [2.75, 3.05) is 26.7 Å². The summed E-state index contributed by atoms with van der Waals surface area (Å²) in [5.74, 6) is 1.96. The van der Waals surface area contributed by atoms with E-state index in [2.05, 4.69) is 10.0 Å². The zero-order valence-electron chi connectivity index (χ0n) is 15.0. The molecule has 3 rings (SSSR count). The van der Waals surface area contributed by atoms with Gasteiger partial charge in [0, 0.05) is 13.1 Å². The molecule has 8 heteroatoms. The third-order valence-electron chi connectivity index (χ3n) is 4.08. The third kappa shape index (κ3) is 5.97. The standard InChI is InChI=1S/C19H22N2O4S.ClH/c1-24-16-2-4-17(5-3-16)25-18-6-8-19(9-7-18)26(22,23)21-14-15-10-12-20-13-11-15;/h2-10,20-21H,11-14H2,1H3;1H. The largest absolute Gasteiger partial charge is 0.497 e. The number of halogens is 1. The number of nitrogens with one attached hydrogen (secondary N) is 2. The van der Waals surface area contributed by atoms with Gasteiger partial charge in [-0.1, -0.05) is 11.6 Å². The highest BCUT2D eigenvalue weighted by Crippen LogP contribution is 2.24. The van der Waals surface area contributed by atoms with Gasteiger partial charge < -0.3 is 14.8 Å². The molecular weight excluding hydrogens is 388 g/mol. The molecule has 1 aliphatic heterocycles. The van der Waals surface area contributed by atoms with E-state index in [1.807, 2.05) is 6.08 Å². The molecule has 6 nitrogen and oxygen atoms in total. The summed E-state index contributed by atoms with van der Waals surface area (Å²) in [6.07, 6.45) is 2.88. The molecule has 0 aromatic heterocycles. The molecule has 0 spiro atoms. The molecule has 0 amide bonds. The van der Waals surface area contributed by atoms with E-state index in [4.69, 9.17) is 9.47 Å². The normalized spacial score (nSPS) is 14.0. The van der Waals surface area contributed by atoms with Crippen molar-refractivity contribution in [1.82, 2.24) is 10.0 Å². The van der Waals surface area contributed by atoms with E-state index in [-0.39, 0.29) is 17.3 Å². The Morgan fingerprint density at radius 3 is 2.15 bits per heavy atom. The number of benzene rings is 2. The monoisotopic (exact) mass is 410 g/mol. The Bertz CT molecular complexity index is 866. The van der Waals surface area contributed by atoms with Crippen LogP contribution in [-0.4, -0.2) is 35.2 Å². The molecule has 0 fully saturated rings. The molecule has 1 aliphatic rings. The quantitative estimate of drug-likeness (QED) is 0.686. The maximum atomic E-state index is 12.4. The Kier molecular flexibility index (Phi) is 7.67. The highest BCUT2D eigenvalue weighted by Gasteiger charge is 2.15. The van der Waals surface area contributed by atoms with Crippen LogP contribution in [0.2, 0.25) is 0 Å². The maximum absolute atomic E-state index is 12.4. The van der Waals surface area contributed by atoms with Crippen molar-refractivity contribution in [3.05, 3.63) is 60.2 Å². The molecule has 2 aromatic rings. The Balaban J connectivity index is 0.00000261. The summed E-state index contributed by atoms with van der Waals surface area (Å²) >= 11 is 0. The van der Waals surface area contributed by atoms with Gasteiger partial charge in [0.25, 0.3) is 0 Å². The highest BCUT2D eigenvalue weighted by atomic mass is 35.5. The molecule has 27 heavy (non-hydrogen) atoms. The number of hydrogen-bond acceptors (Lipinski definition) is 5. The average molecular weight is 411 g/mol. The SMILES string of the molecule is COc1ccc(Oc2ccc(S(=O)(=O)NCC3=CCNCC3)cc2)cc1.Cl. The lowest BCUT2D eigenvalue weighted by atomic mass is 10.1. The van der Waals surface area contributed by atoms with Crippen molar-refractivity contribution < 1.29 is 17.9 Å². The third-order valence-corrected chi connectivity index (χ3v) is 5.49. The van der Waals surface area contributed by atoms with Gasteiger partial charge in [0.1, 0.15) is 17.2 Å². The zero-order valence-corrected chi connectivity index (χ0v) is 16.6. The van der Waals surface area contributed by atoms with Crippen LogP contribution < -0.4 is 19.5 Å². The predicted molar refractivity (Wildman–Crippen MR) is 108 cm³/mol. The predicted octanol–water partition coefficient (Wildman–Crippen LogP) is 3.11. The summed E-state index contributed by atoms with van der Waals surface area (Å²) in [5.41, 5.74) is 1.10. The van der Waals surface area contributed by atoms with Gasteiger partial charge in [-0.15, -0.1) is 12.4 Å². The van der Waals surface area contributed by atoms with Crippen LogP contribution in [0.3, 0.4) is 0 Å². The maximum Gasteiger partial charge on any atom is 0.240 e. The molecule has 2 aromatic carbocycles. The van der Waals surface area contributed by atoms with E-state index < -0.39 is 10.0 Å². The molecule has 0 bridgehead atoms. The first-order valence-electron chi connectivity index (χ1n) is 8.37. The Hall–Kier alpha value is -2.06. The van der Waals surface area contributed by atoms with Crippen LogP contribution in [0, 0.1) is 0 Å². The molecule has 2 N–H and O–H groups in total. The van der Waals surface area contributed by atoms with Crippen molar-refractivity contribution in [2.24, 2.45) is 0 Å². The number of methoxy groups -OCH3 is 1. The number of ether oxygens (including phenoxy) is 2. The van der Waals surface area contributed by atoms with Crippen molar-refractivity contribution in [3.63, 3.8) is 0 Å². The van der Waals surface area contributed by atoms with Gasteiger partial charge in [-0.05, 0) is 61.5 Å². The lowest BCUT2D eigenvalue weighted by Crippen LogP contribution is -2.29.